The molecule has 0 amide bonds. The number of nitrogens with one attached hydrogen (secondary N) is 1. The zero-order valence-electron chi connectivity index (χ0n) is 12.0. The van der Waals surface area contributed by atoms with Crippen molar-refractivity contribution < 1.29 is 0 Å². The third-order valence-corrected chi connectivity index (χ3v) is 5.22. The van der Waals surface area contributed by atoms with Crippen LogP contribution in [0, 0.1) is 11.3 Å². The number of rotatable bonds is 4. The van der Waals surface area contributed by atoms with Crippen molar-refractivity contribution in [2.45, 2.75) is 29.5 Å². The average Bonchev–Trinajstić information content (AvgIpc) is 2.95. The molecule has 1 N–H and O–H groups in total. The highest BCUT2D eigenvalue weighted by Gasteiger charge is 2.21. The van der Waals surface area contributed by atoms with E-state index in [1.807, 2.05) is 36.0 Å². The third-order valence-electron chi connectivity index (χ3n) is 3.91. The zero-order chi connectivity index (χ0) is 14.7. The fourth-order valence-corrected chi connectivity index (χ4v) is 3.90. The number of hydrogen-bond acceptors (Lipinski definition) is 3. The van der Waals surface area contributed by atoms with Gasteiger partial charge in [0.15, 0.2) is 0 Å². The Bertz CT molecular complexity index is 633. The molecule has 0 fully saturated rings. The summed E-state index contributed by atoms with van der Waals surface area (Å²) >= 11 is 1.97. The molecule has 1 heterocycles. The lowest BCUT2D eigenvalue weighted by atomic mass is 10.1. The summed E-state index contributed by atoms with van der Waals surface area (Å²) in [6.45, 7) is 3.18. The Morgan fingerprint density at radius 3 is 2.71 bits per heavy atom. The van der Waals surface area contributed by atoms with E-state index in [1.165, 1.54) is 16.0 Å². The van der Waals surface area contributed by atoms with Crippen LogP contribution in [0.4, 0.5) is 0 Å². The maximum absolute atomic E-state index is 8.83. The van der Waals surface area contributed by atoms with Gasteiger partial charge in [0.1, 0.15) is 0 Å². The quantitative estimate of drug-likeness (QED) is 0.928. The van der Waals surface area contributed by atoms with Gasteiger partial charge in [0, 0.05) is 22.7 Å². The van der Waals surface area contributed by atoms with Crippen molar-refractivity contribution in [3.63, 3.8) is 0 Å². The van der Waals surface area contributed by atoms with E-state index in [9.17, 15) is 0 Å². The number of nitrogens with zero attached hydrogens (tertiary/aromatic N) is 1. The van der Waals surface area contributed by atoms with E-state index in [4.69, 9.17) is 5.26 Å². The molecule has 2 atom stereocenters. The van der Waals surface area contributed by atoms with Crippen molar-refractivity contribution in [2.75, 3.05) is 6.54 Å². The molecule has 0 spiro atoms. The number of hydrogen-bond donors (Lipinski definition) is 1. The van der Waals surface area contributed by atoms with Crippen molar-refractivity contribution in [3.05, 3.63) is 65.2 Å². The van der Waals surface area contributed by atoms with Crippen LogP contribution in [-0.4, -0.2) is 11.8 Å². The van der Waals surface area contributed by atoms with Crippen molar-refractivity contribution in [1.82, 2.24) is 5.32 Å². The lowest BCUT2D eigenvalue weighted by molar-refractivity contribution is 0.567. The van der Waals surface area contributed by atoms with Gasteiger partial charge in [-0.2, -0.15) is 5.26 Å². The second-order valence-electron chi connectivity index (χ2n) is 5.42. The molecule has 0 radical (unpaired) electrons. The van der Waals surface area contributed by atoms with Gasteiger partial charge in [-0.1, -0.05) is 30.3 Å². The van der Waals surface area contributed by atoms with E-state index in [1.54, 1.807) is 0 Å². The number of benzene rings is 2. The summed E-state index contributed by atoms with van der Waals surface area (Å²) in [6.07, 6.45) is 1.15. The van der Waals surface area contributed by atoms with E-state index in [0.717, 1.165) is 13.0 Å². The van der Waals surface area contributed by atoms with Gasteiger partial charge in [-0.25, -0.2) is 0 Å². The van der Waals surface area contributed by atoms with E-state index in [0.29, 0.717) is 16.9 Å². The SMILES string of the molecule is CC(NCC1Cc2ccccc2S1)c1ccc(C#N)cc1. The molecule has 3 heteroatoms. The molecule has 21 heavy (non-hydrogen) atoms. The molecule has 2 aromatic rings. The van der Waals surface area contributed by atoms with Gasteiger partial charge in [0.2, 0.25) is 0 Å². The highest BCUT2D eigenvalue weighted by Crippen LogP contribution is 2.36. The normalized spacial score (nSPS) is 18.0. The van der Waals surface area contributed by atoms with Crippen molar-refractivity contribution in [3.8, 4) is 6.07 Å². The predicted molar refractivity (Wildman–Crippen MR) is 87.4 cm³/mol. The summed E-state index contributed by atoms with van der Waals surface area (Å²) in [4.78, 5) is 1.43. The summed E-state index contributed by atoms with van der Waals surface area (Å²) in [5, 5.41) is 13.1. The molecule has 106 valence electrons. The molecular weight excluding hydrogens is 276 g/mol. The Hall–Kier alpha value is -1.76. The van der Waals surface area contributed by atoms with Gasteiger partial charge in [-0.15, -0.1) is 11.8 Å². The fraction of sp³-hybridized carbons (Fsp3) is 0.278. The van der Waals surface area contributed by atoms with E-state index in [2.05, 4.69) is 42.6 Å². The third kappa shape index (κ3) is 3.29. The van der Waals surface area contributed by atoms with E-state index >= 15 is 0 Å². The lowest BCUT2D eigenvalue weighted by Gasteiger charge is -2.17. The van der Waals surface area contributed by atoms with Crippen LogP contribution in [-0.2, 0) is 6.42 Å². The van der Waals surface area contributed by atoms with E-state index in [-0.39, 0.29) is 0 Å². The molecule has 0 saturated carbocycles. The first-order chi connectivity index (χ1) is 10.3. The van der Waals surface area contributed by atoms with Gasteiger partial charge in [-0.3, -0.25) is 0 Å². The largest absolute Gasteiger partial charge is 0.309 e. The summed E-state index contributed by atoms with van der Waals surface area (Å²) in [5.41, 5.74) is 3.42. The summed E-state index contributed by atoms with van der Waals surface area (Å²) in [6, 6.07) is 19.0. The van der Waals surface area contributed by atoms with Crippen LogP contribution < -0.4 is 5.32 Å². The average molecular weight is 294 g/mol. The van der Waals surface area contributed by atoms with E-state index < -0.39 is 0 Å². The molecule has 0 aromatic heterocycles. The second kappa shape index (κ2) is 6.34. The van der Waals surface area contributed by atoms with Gasteiger partial charge >= 0.3 is 0 Å². The Morgan fingerprint density at radius 2 is 2.00 bits per heavy atom. The smallest absolute Gasteiger partial charge is 0.0991 e. The van der Waals surface area contributed by atoms with Gasteiger partial charge in [-0.05, 0) is 42.7 Å². The molecule has 2 aromatic carbocycles. The van der Waals surface area contributed by atoms with Crippen LogP contribution in [0.15, 0.2) is 53.4 Å². The maximum atomic E-state index is 8.83. The van der Waals surface area contributed by atoms with Gasteiger partial charge in [0.05, 0.1) is 11.6 Å². The van der Waals surface area contributed by atoms with Gasteiger partial charge < -0.3 is 5.32 Å². The van der Waals surface area contributed by atoms with Crippen molar-refractivity contribution >= 4 is 11.8 Å². The minimum atomic E-state index is 0.307. The van der Waals surface area contributed by atoms with Crippen LogP contribution in [0.1, 0.15) is 29.7 Å². The maximum Gasteiger partial charge on any atom is 0.0991 e. The van der Waals surface area contributed by atoms with Crippen molar-refractivity contribution in [1.29, 1.82) is 5.26 Å². The fourth-order valence-electron chi connectivity index (χ4n) is 2.64. The van der Waals surface area contributed by atoms with Crippen LogP contribution in [0.5, 0.6) is 0 Å². The first kappa shape index (κ1) is 14.2. The summed E-state index contributed by atoms with van der Waals surface area (Å²) in [5.74, 6) is 0. The summed E-state index contributed by atoms with van der Waals surface area (Å²) in [7, 11) is 0. The molecule has 3 rings (SSSR count). The Labute approximate surface area is 130 Å². The molecule has 0 bridgehead atoms. The number of thioether (sulfide) groups is 1. The molecule has 2 nitrogen and oxygen atoms in total. The molecular formula is C18H18N2S. The second-order valence-corrected chi connectivity index (χ2v) is 6.76. The minimum Gasteiger partial charge on any atom is -0.309 e. The highest BCUT2D eigenvalue weighted by atomic mass is 32.2. The number of fused-ring (bicyclic) bond motifs is 1. The molecule has 0 saturated heterocycles. The van der Waals surface area contributed by atoms with Crippen LogP contribution in [0.2, 0.25) is 0 Å². The van der Waals surface area contributed by atoms with Crippen LogP contribution in [0.3, 0.4) is 0 Å². The summed E-state index contributed by atoms with van der Waals surface area (Å²) < 4.78 is 0. The Kier molecular flexibility index (Phi) is 4.28. The molecule has 0 aliphatic carbocycles. The van der Waals surface area contributed by atoms with Crippen LogP contribution in [0.25, 0.3) is 0 Å². The minimum absolute atomic E-state index is 0.307. The first-order valence-corrected chi connectivity index (χ1v) is 8.12. The first-order valence-electron chi connectivity index (χ1n) is 7.24. The predicted octanol–water partition coefficient (Wildman–Crippen LogP) is 3.93. The monoisotopic (exact) mass is 294 g/mol. The molecule has 1 aliphatic heterocycles. The Morgan fingerprint density at radius 1 is 1.24 bits per heavy atom. The highest BCUT2D eigenvalue weighted by molar-refractivity contribution is 8.00. The molecule has 2 unspecified atom stereocenters. The standard InChI is InChI=1S/C18H18N2S/c1-13(15-8-6-14(11-19)7-9-15)20-12-17-10-16-4-2-3-5-18(16)21-17/h2-9,13,17,20H,10,12H2,1H3. The van der Waals surface area contributed by atoms with Gasteiger partial charge in [0.25, 0.3) is 0 Å². The topological polar surface area (TPSA) is 35.8 Å². The number of nitriles is 1. The van der Waals surface area contributed by atoms with Crippen molar-refractivity contribution in [2.24, 2.45) is 0 Å². The van der Waals surface area contributed by atoms with Crippen LogP contribution >= 0.6 is 11.8 Å². The molecule has 1 aliphatic rings. The Balaban J connectivity index is 1.55. The zero-order valence-corrected chi connectivity index (χ0v) is 12.9. The lowest BCUT2D eigenvalue weighted by Crippen LogP contribution is -2.27.